The van der Waals surface area contributed by atoms with Crippen LogP contribution in [-0.4, -0.2) is 44.9 Å². The standard InChI is InChI=1S/C10H20N4O2/c1-2-3-4-5-14(6-7-15)8-9-11-10(16)13-12-9/h15H,2-8H2,1H3,(H2,11,12,13,16). The van der Waals surface area contributed by atoms with Crippen molar-refractivity contribution in [1.82, 2.24) is 20.1 Å². The van der Waals surface area contributed by atoms with E-state index in [0.717, 1.165) is 13.0 Å². The molecule has 0 aliphatic heterocycles. The molecular formula is C10H20N4O2. The minimum Gasteiger partial charge on any atom is -0.395 e. The normalized spacial score (nSPS) is 11.2. The molecule has 0 atom stereocenters. The predicted octanol–water partition coefficient (Wildman–Crippen LogP) is 0.0825. The Morgan fingerprint density at radius 2 is 2.19 bits per heavy atom. The van der Waals surface area contributed by atoms with Gasteiger partial charge in [0.15, 0.2) is 0 Å². The van der Waals surface area contributed by atoms with Crippen LogP contribution in [0.2, 0.25) is 0 Å². The zero-order chi connectivity index (χ0) is 11.8. The molecule has 0 aromatic carbocycles. The molecule has 0 saturated heterocycles. The number of aliphatic hydroxyl groups excluding tert-OH is 1. The summed E-state index contributed by atoms with van der Waals surface area (Å²) in [4.78, 5) is 15.5. The molecule has 1 aromatic rings. The Bertz CT molecular complexity index is 334. The third-order valence-corrected chi connectivity index (χ3v) is 2.42. The van der Waals surface area contributed by atoms with Crippen LogP contribution in [0.25, 0.3) is 0 Å². The number of hydrogen-bond acceptors (Lipinski definition) is 4. The number of nitrogens with one attached hydrogen (secondary N) is 2. The molecule has 16 heavy (non-hydrogen) atoms. The Morgan fingerprint density at radius 3 is 2.75 bits per heavy atom. The first-order valence-corrected chi connectivity index (χ1v) is 5.73. The zero-order valence-corrected chi connectivity index (χ0v) is 9.70. The molecule has 0 bridgehead atoms. The van der Waals surface area contributed by atoms with Crippen LogP contribution < -0.4 is 5.69 Å². The van der Waals surface area contributed by atoms with Gasteiger partial charge in [0.25, 0.3) is 0 Å². The van der Waals surface area contributed by atoms with Gasteiger partial charge in [0.2, 0.25) is 0 Å². The fraction of sp³-hybridized carbons (Fsp3) is 0.800. The Kier molecular flexibility index (Phi) is 5.81. The predicted molar refractivity (Wildman–Crippen MR) is 61.1 cm³/mol. The van der Waals surface area contributed by atoms with Gasteiger partial charge in [0.1, 0.15) is 5.82 Å². The number of unbranched alkanes of at least 4 members (excludes halogenated alkanes) is 2. The average molecular weight is 228 g/mol. The number of H-pyrrole nitrogens is 2. The molecule has 0 fully saturated rings. The number of rotatable bonds is 8. The van der Waals surface area contributed by atoms with Gasteiger partial charge < -0.3 is 5.11 Å². The molecule has 1 heterocycles. The fourth-order valence-corrected chi connectivity index (χ4v) is 1.59. The molecule has 0 radical (unpaired) electrons. The summed E-state index contributed by atoms with van der Waals surface area (Å²) in [5.41, 5.74) is -0.285. The molecule has 0 aliphatic carbocycles. The second kappa shape index (κ2) is 7.19. The minimum atomic E-state index is -0.285. The van der Waals surface area contributed by atoms with Crippen LogP contribution in [0, 0.1) is 0 Å². The Labute approximate surface area is 94.7 Å². The van der Waals surface area contributed by atoms with Crippen molar-refractivity contribution in [2.45, 2.75) is 32.7 Å². The van der Waals surface area contributed by atoms with Gasteiger partial charge >= 0.3 is 5.69 Å². The molecule has 0 spiro atoms. The first-order valence-electron chi connectivity index (χ1n) is 5.73. The number of hydrogen-bond donors (Lipinski definition) is 3. The number of aromatic amines is 2. The molecule has 92 valence electrons. The highest BCUT2D eigenvalue weighted by Crippen LogP contribution is 2.01. The summed E-state index contributed by atoms with van der Waals surface area (Å²) in [6.07, 6.45) is 3.45. The lowest BCUT2D eigenvalue weighted by atomic mass is 10.2. The second-order valence-corrected chi connectivity index (χ2v) is 3.83. The van der Waals surface area contributed by atoms with Gasteiger partial charge in [-0.05, 0) is 13.0 Å². The van der Waals surface area contributed by atoms with Crippen molar-refractivity contribution in [3.05, 3.63) is 16.3 Å². The molecule has 1 aromatic heterocycles. The zero-order valence-electron chi connectivity index (χ0n) is 9.70. The molecule has 1 rings (SSSR count). The third kappa shape index (κ3) is 4.59. The highest BCUT2D eigenvalue weighted by Gasteiger charge is 2.07. The first kappa shape index (κ1) is 12.9. The van der Waals surface area contributed by atoms with Gasteiger partial charge in [0.05, 0.1) is 13.2 Å². The average Bonchev–Trinajstić information content (AvgIpc) is 2.65. The third-order valence-electron chi connectivity index (χ3n) is 2.42. The van der Waals surface area contributed by atoms with Crippen molar-refractivity contribution in [1.29, 1.82) is 0 Å². The van der Waals surface area contributed by atoms with Crippen LogP contribution in [0.3, 0.4) is 0 Å². The summed E-state index contributed by atoms with van der Waals surface area (Å²) in [7, 11) is 0. The van der Waals surface area contributed by atoms with Gasteiger partial charge in [-0.2, -0.15) is 5.10 Å². The van der Waals surface area contributed by atoms with E-state index in [-0.39, 0.29) is 12.3 Å². The SMILES string of the molecule is CCCCCN(CCO)Cc1n[nH]c(=O)[nH]1. The van der Waals surface area contributed by atoms with Gasteiger partial charge in [-0.15, -0.1) is 0 Å². The summed E-state index contributed by atoms with van der Waals surface area (Å²) >= 11 is 0. The second-order valence-electron chi connectivity index (χ2n) is 3.83. The molecule has 6 heteroatoms. The maximum absolute atomic E-state index is 10.8. The summed E-state index contributed by atoms with van der Waals surface area (Å²) in [6, 6.07) is 0. The molecule has 0 aliphatic rings. The summed E-state index contributed by atoms with van der Waals surface area (Å²) < 4.78 is 0. The highest BCUT2D eigenvalue weighted by atomic mass is 16.3. The quantitative estimate of drug-likeness (QED) is 0.550. The Balaban J connectivity index is 2.40. The van der Waals surface area contributed by atoms with Crippen LogP contribution in [0.1, 0.15) is 32.0 Å². The lowest BCUT2D eigenvalue weighted by molar-refractivity contribution is 0.185. The van der Waals surface area contributed by atoms with Gasteiger partial charge in [-0.25, -0.2) is 9.89 Å². The largest absolute Gasteiger partial charge is 0.395 e. The number of nitrogens with zero attached hydrogens (tertiary/aromatic N) is 2. The number of aliphatic hydroxyl groups is 1. The van der Waals surface area contributed by atoms with Crippen molar-refractivity contribution in [3.63, 3.8) is 0 Å². The lowest BCUT2D eigenvalue weighted by Gasteiger charge is -2.19. The molecular weight excluding hydrogens is 208 g/mol. The monoisotopic (exact) mass is 228 g/mol. The minimum absolute atomic E-state index is 0.126. The van der Waals surface area contributed by atoms with Crippen LogP contribution in [0.15, 0.2) is 4.79 Å². The van der Waals surface area contributed by atoms with Crippen molar-refractivity contribution >= 4 is 0 Å². The van der Waals surface area contributed by atoms with Crippen molar-refractivity contribution < 1.29 is 5.11 Å². The topological polar surface area (TPSA) is 85.0 Å². The van der Waals surface area contributed by atoms with Crippen molar-refractivity contribution in [3.8, 4) is 0 Å². The summed E-state index contributed by atoms with van der Waals surface area (Å²) in [5.74, 6) is 0.620. The van der Waals surface area contributed by atoms with Gasteiger partial charge in [0, 0.05) is 6.54 Å². The van der Waals surface area contributed by atoms with E-state index in [9.17, 15) is 4.79 Å². The van der Waals surface area contributed by atoms with E-state index in [4.69, 9.17) is 5.11 Å². The van der Waals surface area contributed by atoms with Gasteiger partial charge in [-0.1, -0.05) is 19.8 Å². The highest BCUT2D eigenvalue weighted by molar-refractivity contribution is 4.80. The molecule has 0 unspecified atom stereocenters. The Hall–Kier alpha value is -1.14. The van der Waals surface area contributed by atoms with Crippen LogP contribution in [0.5, 0.6) is 0 Å². The van der Waals surface area contributed by atoms with E-state index in [1.807, 2.05) is 0 Å². The fourth-order valence-electron chi connectivity index (χ4n) is 1.59. The number of aromatic nitrogens is 3. The van der Waals surface area contributed by atoms with Crippen LogP contribution in [-0.2, 0) is 6.54 Å². The molecule has 0 amide bonds. The van der Waals surface area contributed by atoms with Gasteiger partial charge in [-0.3, -0.25) is 9.88 Å². The maximum atomic E-state index is 10.8. The van der Waals surface area contributed by atoms with E-state index < -0.39 is 0 Å². The molecule has 0 saturated carbocycles. The first-order chi connectivity index (χ1) is 7.76. The van der Waals surface area contributed by atoms with E-state index in [2.05, 4.69) is 27.0 Å². The van der Waals surface area contributed by atoms with E-state index >= 15 is 0 Å². The summed E-state index contributed by atoms with van der Waals surface area (Å²) in [5, 5.41) is 15.1. The van der Waals surface area contributed by atoms with E-state index in [1.165, 1.54) is 12.8 Å². The maximum Gasteiger partial charge on any atom is 0.340 e. The van der Waals surface area contributed by atoms with Crippen LogP contribution in [0.4, 0.5) is 0 Å². The molecule has 6 nitrogen and oxygen atoms in total. The smallest absolute Gasteiger partial charge is 0.340 e. The summed E-state index contributed by atoms with van der Waals surface area (Å²) in [6.45, 7) is 4.38. The van der Waals surface area contributed by atoms with Crippen LogP contribution >= 0.6 is 0 Å². The Morgan fingerprint density at radius 1 is 1.38 bits per heavy atom. The lowest BCUT2D eigenvalue weighted by Crippen LogP contribution is -2.28. The van der Waals surface area contributed by atoms with Crippen molar-refractivity contribution in [2.75, 3.05) is 19.7 Å². The molecule has 3 N–H and O–H groups in total. The van der Waals surface area contributed by atoms with E-state index in [1.54, 1.807) is 0 Å². The van der Waals surface area contributed by atoms with E-state index in [0.29, 0.717) is 18.9 Å². The van der Waals surface area contributed by atoms with Crippen molar-refractivity contribution in [2.24, 2.45) is 0 Å².